The van der Waals surface area contributed by atoms with Gasteiger partial charge in [0, 0.05) is 33.2 Å². The number of unbranched alkanes of at least 4 members (excludes halogenated alkanes) is 1. The van der Waals surface area contributed by atoms with Crippen LogP contribution in [0.3, 0.4) is 0 Å². The van der Waals surface area contributed by atoms with Crippen molar-refractivity contribution in [2.24, 2.45) is 11.8 Å². The zero-order valence-corrected chi connectivity index (χ0v) is 13.4. The summed E-state index contributed by atoms with van der Waals surface area (Å²) in [5.41, 5.74) is 0. The summed E-state index contributed by atoms with van der Waals surface area (Å²) in [5.74, 6) is -1.82. The quantitative estimate of drug-likeness (QED) is 0.599. The fraction of sp³-hybridized carbons (Fsp3) is 0.750. The van der Waals surface area contributed by atoms with Gasteiger partial charge < -0.3 is 19.7 Å². The van der Waals surface area contributed by atoms with Crippen molar-refractivity contribution < 1.29 is 19.1 Å². The summed E-state index contributed by atoms with van der Waals surface area (Å²) < 4.78 is 11.3. The molecule has 4 atom stereocenters. The molecule has 122 valence electrons. The van der Waals surface area contributed by atoms with E-state index in [9.17, 15) is 9.59 Å². The van der Waals surface area contributed by atoms with Gasteiger partial charge in [0.15, 0.2) is 5.79 Å². The predicted octanol–water partition coefficient (Wildman–Crippen LogP) is 0.677. The normalized spacial score (nSPS) is 35.5. The van der Waals surface area contributed by atoms with E-state index in [1.165, 1.54) is 0 Å². The molecule has 0 unspecified atom stereocenters. The minimum Gasteiger partial charge on any atom is -0.352 e. The van der Waals surface area contributed by atoms with Crippen LogP contribution in [-0.4, -0.2) is 55.3 Å². The number of amides is 2. The van der Waals surface area contributed by atoms with Crippen LogP contribution in [0.25, 0.3) is 0 Å². The van der Waals surface area contributed by atoms with Crippen molar-refractivity contribution in [2.45, 2.75) is 44.1 Å². The Morgan fingerprint density at radius 3 is 2.68 bits per heavy atom. The molecule has 0 aromatic heterocycles. The lowest BCUT2D eigenvalue weighted by molar-refractivity contribution is -0.263. The highest BCUT2D eigenvalue weighted by molar-refractivity contribution is 5.90. The number of methoxy groups -OCH3 is 2. The number of nitrogens with one attached hydrogen (secondary N) is 1. The second-order valence-corrected chi connectivity index (χ2v) is 6.30. The van der Waals surface area contributed by atoms with Crippen LogP contribution in [0.5, 0.6) is 0 Å². The van der Waals surface area contributed by atoms with Crippen LogP contribution in [0.15, 0.2) is 12.2 Å². The third kappa shape index (κ3) is 2.08. The van der Waals surface area contributed by atoms with Crippen molar-refractivity contribution in [3.8, 4) is 0 Å². The van der Waals surface area contributed by atoms with E-state index in [-0.39, 0.29) is 29.8 Å². The Kier molecular flexibility index (Phi) is 3.99. The van der Waals surface area contributed by atoms with Crippen LogP contribution in [0.4, 0.5) is 0 Å². The smallest absolute Gasteiger partial charge is 0.232 e. The van der Waals surface area contributed by atoms with E-state index in [0.717, 1.165) is 12.8 Å². The highest BCUT2D eigenvalue weighted by Crippen LogP contribution is 2.43. The Bertz CT molecular complexity index is 500. The van der Waals surface area contributed by atoms with Gasteiger partial charge >= 0.3 is 0 Å². The molecule has 4 bridgehead atoms. The fourth-order valence-electron chi connectivity index (χ4n) is 4.04. The molecule has 6 heteroatoms. The average Bonchev–Trinajstić information content (AvgIpc) is 2.50. The SMILES string of the molecule is CCCCN1C(=O)[C@@H]2C=C[C@H]1[C@H]1C(=O)N[C@@H]2CC1(OC)OC. The van der Waals surface area contributed by atoms with Gasteiger partial charge in [0.25, 0.3) is 0 Å². The van der Waals surface area contributed by atoms with Gasteiger partial charge in [-0.15, -0.1) is 0 Å². The molecular formula is C16H24N2O4. The van der Waals surface area contributed by atoms with Crippen LogP contribution >= 0.6 is 0 Å². The van der Waals surface area contributed by atoms with Crippen molar-refractivity contribution in [3.63, 3.8) is 0 Å². The standard InChI is InChI=1S/C16H24N2O4/c1-4-5-8-18-12-7-6-10(15(18)20)11-9-16(21-2,22-3)13(12)14(19)17-11/h6-7,10-13H,4-5,8-9H2,1-3H3,(H,17,19)/t10-,11-,12+,13+/m1/s1. The number of hydrogen-bond acceptors (Lipinski definition) is 4. The molecule has 6 aliphatic rings. The summed E-state index contributed by atoms with van der Waals surface area (Å²) in [4.78, 5) is 27.3. The van der Waals surface area contributed by atoms with E-state index < -0.39 is 11.7 Å². The largest absolute Gasteiger partial charge is 0.352 e. The minimum atomic E-state index is -0.966. The second kappa shape index (κ2) is 5.66. The minimum absolute atomic E-state index is 0.0895. The highest BCUT2D eigenvalue weighted by atomic mass is 16.7. The zero-order chi connectivity index (χ0) is 15.9. The Balaban J connectivity index is 2.05. The molecule has 5 aliphatic heterocycles. The topological polar surface area (TPSA) is 67.9 Å². The number of nitrogens with zero attached hydrogens (tertiary/aromatic N) is 1. The van der Waals surface area contributed by atoms with Crippen LogP contribution < -0.4 is 5.32 Å². The molecule has 22 heavy (non-hydrogen) atoms. The molecule has 2 amide bonds. The molecular weight excluding hydrogens is 284 g/mol. The molecule has 0 aromatic rings. The van der Waals surface area contributed by atoms with Crippen LogP contribution in [0.2, 0.25) is 0 Å². The van der Waals surface area contributed by atoms with E-state index in [2.05, 4.69) is 12.2 Å². The van der Waals surface area contributed by atoms with Crippen molar-refractivity contribution in [1.29, 1.82) is 0 Å². The van der Waals surface area contributed by atoms with Crippen LogP contribution in [0, 0.1) is 11.8 Å². The zero-order valence-electron chi connectivity index (χ0n) is 13.4. The lowest BCUT2D eigenvalue weighted by Gasteiger charge is -2.54. The Labute approximate surface area is 130 Å². The molecule has 3 fully saturated rings. The summed E-state index contributed by atoms with van der Waals surface area (Å²) in [7, 11) is 3.15. The first-order valence-corrected chi connectivity index (χ1v) is 7.97. The van der Waals surface area contributed by atoms with Gasteiger partial charge in [-0.1, -0.05) is 25.5 Å². The molecule has 5 heterocycles. The van der Waals surface area contributed by atoms with Gasteiger partial charge in [0.2, 0.25) is 11.8 Å². The summed E-state index contributed by atoms with van der Waals surface area (Å²) in [6, 6.07) is -0.589. The number of carbonyl (C=O) groups is 2. The maximum atomic E-state index is 12.8. The van der Waals surface area contributed by atoms with Crippen molar-refractivity contribution in [1.82, 2.24) is 10.2 Å². The first-order valence-electron chi connectivity index (χ1n) is 7.97. The third-order valence-corrected chi connectivity index (χ3v) is 5.25. The molecule has 1 N–H and O–H groups in total. The summed E-state index contributed by atoms with van der Waals surface area (Å²) in [5, 5.41) is 2.98. The van der Waals surface area contributed by atoms with Crippen molar-refractivity contribution in [3.05, 3.63) is 12.2 Å². The number of ether oxygens (including phenoxy) is 2. The Hall–Kier alpha value is -1.40. The van der Waals surface area contributed by atoms with Gasteiger partial charge in [-0.25, -0.2) is 0 Å². The van der Waals surface area contributed by atoms with E-state index in [0.29, 0.717) is 13.0 Å². The van der Waals surface area contributed by atoms with E-state index >= 15 is 0 Å². The number of hydrogen-bond donors (Lipinski definition) is 1. The summed E-state index contributed by atoms with van der Waals surface area (Å²) >= 11 is 0. The molecule has 0 radical (unpaired) electrons. The summed E-state index contributed by atoms with van der Waals surface area (Å²) in [6.07, 6.45) is 6.36. The molecule has 6 nitrogen and oxygen atoms in total. The monoisotopic (exact) mass is 308 g/mol. The van der Waals surface area contributed by atoms with E-state index in [1.54, 1.807) is 14.2 Å². The molecule has 6 rings (SSSR count). The number of carbonyl (C=O) groups excluding carboxylic acids is 2. The number of piperidine rings is 1. The molecule has 0 spiro atoms. The van der Waals surface area contributed by atoms with Crippen molar-refractivity contribution >= 4 is 11.8 Å². The first kappa shape index (κ1) is 15.5. The lowest BCUT2D eigenvalue weighted by Crippen LogP contribution is -2.72. The summed E-state index contributed by atoms with van der Waals surface area (Å²) in [6.45, 7) is 2.76. The molecule has 3 saturated heterocycles. The van der Waals surface area contributed by atoms with Crippen LogP contribution in [0.1, 0.15) is 26.2 Å². The Morgan fingerprint density at radius 1 is 1.32 bits per heavy atom. The average molecular weight is 308 g/mol. The number of rotatable bonds is 5. The van der Waals surface area contributed by atoms with Crippen LogP contribution in [-0.2, 0) is 19.1 Å². The van der Waals surface area contributed by atoms with Gasteiger partial charge in [0.05, 0.1) is 12.0 Å². The first-order chi connectivity index (χ1) is 10.6. The maximum Gasteiger partial charge on any atom is 0.232 e. The predicted molar refractivity (Wildman–Crippen MR) is 79.8 cm³/mol. The van der Waals surface area contributed by atoms with Gasteiger partial charge in [-0.2, -0.15) is 0 Å². The fourth-order valence-corrected chi connectivity index (χ4v) is 4.04. The van der Waals surface area contributed by atoms with Gasteiger partial charge in [-0.05, 0) is 6.42 Å². The van der Waals surface area contributed by atoms with Gasteiger partial charge in [0.1, 0.15) is 5.92 Å². The van der Waals surface area contributed by atoms with Crippen molar-refractivity contribution in [2.75, 3.05) is 20.8 Å². The molecule has 0 saturated carbocycles. The third-order valence-electron chi connectivity index (χ3n) is 5.25. The molecule has 0 aromatic carbocycles. The van der Waals surface area contributed by atoms with E-state index in [4.69, 9.17) is 9.47 Å². The molecule has 1 aliphatic carbocycles. The maximum absolute atomic E-state index is 12.8. The van der Waals surface area contributed by atoms with Gasteiger partial charge in [-0.3, -0.25) is 9.59 Å². The Morgan fingerprint density at radius 2 is 2.05 bits per heavy atom. The van der Waals surface area contributed by atoms with E-state index in [1.807, 2.05) is 17.1 Å². The lowest BCUT2D eigenvalue weighted by atomic mass is 9.71. The second-order valence-electron chi connectivity index (χ2n) is 6.30. The highest BCUT2D eigenvalue weighted by Gasteiger charge is 2.60.